The normalized spacial score (nSPS) is 21.3. The van der Waals surface area contributed by atoms with Crippen LogP contribution >= 0.6 is 0 Å². The molecule has 1 saturated carbocycles. The van der Waals surface area contributed by atoms with Crippen LogP contribution in [0.1, 0.15) is 35.4 Å². The van der Waals surface area contributed by atoms with Gasteiger partial charge in [0.15, 0.2) is 0 Å². The molecule has 0 N–H and O–H groups in total. The number of ether oxygens (including phenoxy) is 1. The summed E-state index contributed by atoms with van der Waals surface area (Å²) in [6.07, 6.45) is -5.45. The van der Waals surface area contributed by atoms with E-state index >= 15 is 0 Å². The van der Waals surface area contributed by atoms with Crippen molar-refractivity contribution in [2.45, 2.75) is 31.1 Å². The van der Waals surface area contributed by atoms with Crippen molar-refractivity contribution in [1.29, 1.82) is 0 Å². The predicted molar refractivity (Wildman–Crippen MR) is 107 cm³/mol. The molecule has 0 aromatic carbocycles. The summed E-state index contributed by atoms with van der Waals surface area (Å²) in [6.45, 7) is 1.44. The number of anilines is 1. The van der Waals surface area contributed by atoms with Gasteiger partial charge in [0.05, 0.1) is 12.7 Å². The van der Waals surface area contributed by atoms with E-state index in [0.717, 1.165) is 25.6 Å². The van der Waals surface area contributed by atoms with Gasteiger partial charge in [0.25, 0.3) is 0 Å². The molecular formula is C21H21F6N5O2. The van der Waals surface area contributed by atoms with Crippen molar-refractivity contribution in [2.24, 2.45) is 5.92 Å². The third-order valence-corrected chi connectivity index (χ3v) is 6.17. The zero-order valence-corrected chi connectivity index (χ0v) is 18.0. The molecule has 0 bridgehead atoms. The number of hydrogen-bond acceptors (Lipinski definition) is 6. The molecule has 2 aromatic heterocycles. The summed E-state index contributed by atoms with van der Waals surface area (Å²) < 4.78 is 82.4. The molecule has 13 heteroatoms. The van der Waals surface area contributed by atoms with Crippen molar-refractivity contribution in [3.8, 4) is 5.88 Å². The topological polar surface area (TPSA) is 71.5 Å². The summed E-state index contributed by atoms with van der Waals surface area (Å²) in [4.78, 5) is 27.5. The number of piperazine rings is 1. The number of aromatic nitrogens is 3. The third-order valence-electron chi connectivity index (χ3n) is 6.17. The van der Waals surface area contributed by atoms with Crippen molar-refractivity contribution >= 4 is 11.9 Å². The average molecular weight is 489 g/mol. The number of alkyl halides is 6. The molecule has 0 unspecified atom stereocenters. The van der Waals surface area contributed by atoms with Crippen LogP contribution in [-0.2, 0) is 17.1 Å². The van der Waals surface area contributed by atoms with E-state index in [4.69, 9.17) is 4.74 Å². The summed E-state index contributed by atoms with van der Waals surface area (Å²) >= 11 is 0. The standard InChI is InChI=1S/C21H21F6N5O2/c1-34-17-16(21(25,26)27)8-14(9-28-17)12-6-13(7-12)18(33)31-2-4-32(5-3-31)19-29-10-15(11-30-19)20(22,23)24/h8-13H,2-7H2,1H3. The van der Waals surface area contributed by atoms with Crippen LogP contribution in [0.15, 0.2) is 24.7 Å². The number of carbonyl (C=O) groups excluding carboxylic acids is 1. The van der Waals surface area contributed by atoms with E-state index in [1.807, 2.05) is 0 Å². The van der Waals surface area contributed by atoms with E-state index in [1.54, 1.807) is 9.80 Å². The minimum absolute atomic E-state index is 0.0817. The van der Waals surface area contributed by atoms with Gasteiger partial charge in [-0.2, -0.15) is 26.3 Å². The van der Waals surface area contributed by atoms with Gasteiger partial charge in [0.2, 0.25) is 17.7 Å². The number of hydrogen-bond donors (Lipinski definition) is 0. The fraction of sp³-hybridized carbons (Fsp3) is 0.524. The summed E-state index contributed by atoms with van der Waals surface area (Å²) in [5.74, 6) is -0.901. The monoisotopic (exact) mass is 489 g/mol. The number of rotatable bonds is 4. The Morgan fingerprint density at radius 1 is 0.941 bits per heavy atom. The molecule has 0 spiro atoms. The Bertz CT molecular complexity index is 1030. The van der Waals surface area contributed by atoms with Crippen molar-refractivity contribution < 1.29 is 35.9 Å². The minimum atomic E-state index is -4.59. The van der Waals surface area contributed by atoms with E-state index in [0.29, 0.717) is 44.6 Å². The van der Waals surface area contributed by atoms with Crippen LogP contribution in [0.25, 0.3) is 0 Å². The lowest BCUT2D eigenvalue weighted by Crippen LogP contribution is -2.52. The first-order valence-corrected chi connectivity index (χ1v) is 10.5. The first-order valence-electron chi connectivity index (χ1n) is 10.5. The highest BCUT2D eigenvalue weighted by atomic mass is 19.4. The van der Waals surface area contributed by atoms with Gasteiger partial charge in [-0.15, -0.1) is 0 Å². The van der Waals surface area contributed by atoms with E-state index < -0.39 is 29.4 Å². The van der Waals surface area contributed by atoms with Crippen molar-refractivity contribution in [3.05, 3.63) is 41.3 Å². The van der Waals surface area contributed by atoms with Crippen LogP contribution < -0.4 is 9.64 Å². The fourth-order valence-electron chi connectivity index (χ4n) is 4.16. The quantitative estimate of drug-likeness (QED) is 0.610. The second-order valence-electron chi connectivity index (χ2n) is 8.27. The van der Waals surface area contributed by atoms with Crippen molar-refractivity contribution in [2.75, 3.05) is 38.2 Å². The summed E-state index contributed by atoms with van der Waals surface area (Å²) in [6, 6.07) is 1.03. The van der Waals surface area contributed by atoms with Crippen molar-refractivity contribution in [1.82, 2.24) is 19.9 Å². The van der Waals surface area contributed by atoms with Crippen LogP contribution in [0, 0.1) is 5.92 Å². The smallest absolute Gasteiger partial charge is 0.421 e. The Morgan fingerprint density at radius 3 is 2.09 bits per heavy atom. The second kappa shape index (κ2) is 8.91. The van der Waals surface area contributed by atoms with Crippen LogP contribution in [0.4, 0.5) is 32.3 Å². The Kier molecular flexibility index (Phi) is 6.30. The van der Waals surface area contributed by atoms with Crippen LogP contribution in [-0.4, -0.2) is 59.0 Å². The maximum Gasteiger partial charge on any atom is 0.421 e. The molecule has 7 nitrogen and oxygen atoms in total. The highest BCUT2D eigenvalue weighted by Gasteiger charge is 2.41. The van der Waals surface area contributed by atoms with Gasteiger partial charge in [-0.05, 0) is 30.4 Å². The minimum Gasteiger partial charge on any atom is -0.481 e. The molecule has 1 aliphatic carbocycles. The molecule has 0 radical (unpaired) electrons. The molecule has 2 aromatic rings. The van der Waals surface area contributed by atoms with Crippen LogP contribution in [0.2, 0.25) is 0 Å². The Morgan fingerprint density at radius 2 is 1.56 bits per heavy atom. The summed E-state index contributed by atoms with van der Waals surface area (Å²) in [5.41, 5.74) is -1.45. The number of halogens is 6. The molecule has 34 heavy (non-hydrogen) atoms. The number of methoxy groups -OCH3 is 1. The first kappa shape index (κ1) is 24.0. The van der Waals surface area contributed by atoms with Crippen LogP contribution in [0.3, 0.4) is 0 Å². The van der Waals surface area contributed by atoms with Gasteiger partial charge in [-0.25, -0.2) is 15.0 Å². The maximum atomic E-state index is 13.2. The Hall–Kier alpha value is -3.12. The highest BCUT2D eigenvalue weighted by molar-refractivity contribution is 5.80. The number of carbonyl (C=O) groups is 1. The molecule has 1 saturated heterocycles. The van der Waals surface area contributed by atoms with Gasteiger partial charge in [0.1, 0.15) is 5.56 Å². The summed E-state index contributed by atoms with van der Waals surface area (Å²) in [5, 5.41) is 0. The third kappa shape index (κ3) is 4.87. The lowest BCUT2D eigenvalue weighted by atomic mass is 9.71. The number of pyridine rings is 1. The fourth-order valence-corrected chi connectivity index (χ4v) is 4.16. The number of nitrogens with zero attached hydrogens (tertiary/aromatic N) is 5. The Balaban J connectivity index is 1.31. The van der Waals surface area contributed by atoms with Gasteiger partial charge in [0, 0.05) is 50.7 Å². The van der Waals surface area contributed by atoms with E-state index in [2.05, 4.69) is 15.0 Å². The predicted octanol–water partition coefficient (Wildman–Crippen LogP) is 3.76. The SMILES string of the molecule is COc1ncc(C2CC(C(=O)N3CCN(c4ncc(C(F)(F)F)cn4)CC3)C2)cc1C(F)(F)F. The van der Waals surface area contributed by atoms with Crippen LogP contribution in [0.5, 0.6) is 5.88 Å². The van der Waals surface area contributed by atoms with Gasteiger partial charge in [-0.3, -0.25) is 4.79 Å². The van der Waals surface area contributed by atoms with Gasteiger partial charge < -0.3 is 14.5 Å². The summed E-state index contributed by atoms with van der Waals surface area (Å²) in [7, 11) is 1.12. The molecule has 2 fully saturated rings. The second-order valence-corrected chi connectivity index (χ2v) is 8.27. The first-order chi connectivity index (χ1) is 16.0. The molecule has 1 aliphatic heterocycles. The lowest BCUT2D eigenvalue weighted by Gasteiger charge is -2.41. The van der Waals surface area contributed by atoms with Crippen molar-refractivity contribution in [3.63, 3.8) is 0 Å². The zero-order chi connectivity index (χ0) is 24.7. The molecule has 1 amide bonds. The zero-order valence-electron chi connectivity index (χ0n) is 18.0. The van der Waals surface area contributed by atoms with E-state index in [-0.39, 0.29) is 23.7 Å². The molecule has 3 heterocycles. The average Bonchev–Trinajstić information content (AvgIpc) is 2.77. The largest absolute Gasteiger partial charge is 0.481 e. The maximum absolute atomic E-state index is 13.2. The Labute approximate surface area is 190 Å². The van der Waals surface area contributed by atoms with Gasteiger partial charge >= 0.3 is 12.4 Å². The highest BCUT2D eigenvalue weighted by Crippen LogP contribution is 2.45. The molecule has 2 aliphatic rings. The molecule has 184 valence electrons. The van der Waals surface area contributed by atoms with Gasteiger partial charge in [-0.1, -0.05) is 0 Å². The molecule has 0 atom stereocenters. The number of amides is 1. The van der Waals surface area contributed by atoms with E-state index in [1.165, 1.54) is 6.20 Å². The van der Waals surface area contributed by atoms with E-state index in [9.17, 15) is 31.1 Å². The lowest BCUT2D eigenvalue weighted by molar-refractivity contribution is -0.140. The molecular weight excluding hydrogens is 468 g/mol. The molecule has 4 rings (SSSR count).